The lowest BCUT2D eigenvalue weighted by atomic mass is 10.0. The van der Waals surface area contributed by atoms with Crippen LogP contribution in [0, 0.1) is 11.6 Å². The monoisotopic (exact) mass is 417 g/mol. The van der Waals surface area contributed by atoms with E-state index < -0.39 is 29.2 Å². The summed E-state index contributed by atoms with van der Waals surface area (Å²) in [6, 6.07) is 12.0. The van der Waals surface area contributed by atoms with E-state index in [0.717, 1.165) is 12.1 Å². The fourth-order valence-corrected chi connectivity index (χ4v) is 2.98. The number of amides is 1. The van der Waals surface area contributed by atoms with Crippen molar-refractivity contribution in [2.45, 2.75) is 0 Å². The van der Waals surface area contributed by atoms with Gasteiger partial charge in [0.25, 0.3) is 5.91 Å². The van der Waals surface area contributed by atoms with Crippen molar-refractivity contribution in [3.63, 3.8) is 0 Å². The predicted octanol–water partition coefficient (Wildman–Crippen LogP) is 5.24. The van der Waals surface area contributed by atoms with Crippen molar-refractivity contribution in [3.05, 3.63) is 82.4 Å². The number of rotatable bonds is 5. The molecule has 1 amide bonds. The molecule has 0 aliphatic heterocycles. The Balaban J connectivity index is 1.97. The lowest BCUT2D eigenvalue weighted by molar-refractivity contribution is 0.0692. The molecule has 0 aromatic heterocycles. The molecule has 0 radical (unpaired) electrons. The van der Waals surface area contributed by atoms with Crippen LogP contribution in [-0.2, 0) is 0 Å². The average Bonchev–Trinajstić information content (AvgIpc) is 2.70. The fourth-order valence-electron chi connectivity index (χ4n) is 2.75. The van der Waals surface area contributed by atoms with Gasteiger partial charge in [0.15, 0.2) is 0 Å². The molecule has 0 spiro atoms. The minimum absolute atomic E-state index is 0.146. The van der Waals surface area contributed by atoms with E-state index in [9.17, 15) is 23.5 Å². The second-order valence-electron chi connectivity index (χ2n) is 5.97. The van der Waals surface area contributed by atoms with Gasteiger partial charge in [-0.2, -0.15) is 0 Å². The molecule has 148 valence electrons. The Bertz CT molecular complexity index is 1090. The second-order valence-corrected chi connectivity index (χ2v) is 6.37. The van der Waals surface area contributed by atoms with Crippen molar-refractivity contribution >= 4 is 29.2 Å². The van der Waals surface area contributed by atoms with Gasteiger partial charge < -0.3 is 15.2 Å². The molecular formula is C21H14ClF2NO4. The number of carboxylic acid groups (broad SMARTS) is 1. The van der Waals surface area contributed by atoms with Crippen molar-refractivity contribution in [1.82, 2.24) is 0 Å². The van der Waals surface area contributed by atoms with Gasteiger partial charge >= 0.3 is 5.97 Å². The molecule has 0 aliphatic carbocycles. The number of carbonyl (C=O) groups excluding carboxylic acids is 1. The zero-order valence-electron chi connectivity index (χ0n) is 15.0. The number of anilines is 1. The number of carbonyl (C=O) groups is 2. The highest BCUT2D eigenvalue weighted by molar-refractivity contribution is 6.33. The number of aromatic carboxylic acids is 1. The summed E-state index contributed by atoms with van der Waals surface area (Å²) in [5, 5.41) is 11.5. The highest BCUT2D eigenvalue weighted by Crippen LogP contribution is 2.34. The zero-order chi connectivity index (χ0) is 21.1. The van der Waals surface area contributed by atoms with Crippen LogP contribution in [0.4, 0.5) is 14.5 Å². The molecule has 0 bridgehead atoms. The highest BCUT2D eigenvalue weighted by Gasteiger charge is 2.20. The van der Waals surface area contributed by atoms with E-state index in [1.165, 1.54) is 43.5 Å². The van der Waals surface area contributed by atoms with Crippen LogP contribution in [0.25, 0.3) is 11.1 Å². The zero-order valence-corrected chi connectivity index (χ0v) is 15.8. The Kier molecular flexibility index (Phi) is 5.79. The summed E-state index contributed by atoms with van der Waals surface area (Å²) in [5.74, 6) is -3.92. The average molecular weight is 418 g/mol. The SMILES string of the molecule is COc1ccc(Cl)c(-c2cc(F)c(NC(=O)c3ccccc3C(=O)O)c(F)c2)c1. The maximum atomic E-state index is 14.6. The van der Waals surface area contributed by atoms with Crippen LogP contribution >= 0.6 is 11.6 Å². The fraction of sp³-hybridized carbons (Fsp3) is 0.0476. The predicted molar refractivity (Wildman–Crippen MR) is 105 cm³/mol. The molecule has 29 heavy (non-hydrogen) atoms. The van der Waals surface area contributed by atoms with Crippen molar-refractivity contribution in [3.8, 4) is 16.9 Å². The molecule has 3 aromatic rings. The Morgan fingerprint density at radius 3 is 2.21 bits per heavy atom. The van der Waals surface area contributed by atoms with Gasteiger partial charge in [-0.05, 0) is 48.0 Å². The Morgan fingerprint density at radius 1 is 1.00 bits per heavy atom. The molecule has 5 nitrogen and oxygen atoms in total. The summed E-state index contributed by atoms with van der Waals surface area (Å²) < 4.78 is 34.3. The van der Waals surface area contributed by atoms with Crippen LogP contribution in [0.1, 0.15) is 20.7 Å². The molecule has 0 fully saturated rings. The number of methoxy groups -OCH3 is 1. The number of hydrogen-bond donors (Lipinski definition) is 2. The first-order valence-electron chi connectivity index (χ1n) is 8.28. The molecule has 2 N–H and O–H groups in total. The Labute approximate surface area is 169 Å². The molecule has 3 aromatic carbocycles. The van der Waals surface area contributed by atoms with Gasteiger partial charge in [0.05, 0.1) is 18.2 Å². The number of nitrogens with one attached hydrogen (secondary N) is 1. The van der Waals surface area contributed by atoms with Crippen LogP contribution in [0.2, 0.25) is 5.02 Å². The van der Waals surface area contributed by atoms with Crippen LogP contribution in [0.5, 0.6) is 5.75 Å². The maximum Gasteiger partial charge on any atom is 0.336 e. The summed E-state index contributed by atoms with van der Waals surface area (Å²) in [5.41, 5.74) is -0.715. The molecule has 0 heterocycles. The first-order chi connectivity index (χ1) is 13.8. The quantitative estimate of drug-likeness (QED) is 0.595. The van der Waals surface area contributed by atoms with E-state index in [0.29, 0.717) is 11.3 Å². The number of benzene rings is 3. The minimum Gasteiger partial charge on any atom is -0.497 e. The summed E-state index contributed by atoms with van der Waals surface area (Å²) in [7, 11) is 1.45. The molecule has 0 atom stereocenters. The summed E-state index contributed by atoms with van der Waals surface area (Å²) in [6.45, 7) is 0. The van der Waals surface area contributed by atoms with Crippen molar-refractivity contribution in [1.29, 1.82) is 0 Å². The van der Waals surface area contributed by atoms with E-state index in [2.05, 4.69) is 5.32 Å². The first-order valence-corrected chi connectivity index (χ1v) is 8.66. The molecule has 0 unspecified atom stereocenters. The molecule has 0 aliphatic rings. The van der Waals surface area contributed by atoms with Crippen molar-refractivity contribution in [2.24, 2.45) is 0 Å². The molecule has 8 heteroatoms. The van der Waals surface area contributed by atoms with Gasteiger partial charge in [-0.3, -0.25) is 4.79 Å². The Hall–Kier alpha value is -3.45. The smallest absolute Gasteiger partial charge is 0.336 e. The van der Waals surface area contributed by atoms with E-state index >= 15 is 0 Å². The number of ether oxygens (including phenoxy) is 1. The third-order valence-electron chi connectivity index (χ3n) is 4.17. The van der Waals surface area contributed by atoms with Crippen LogP contribution in [0.3, 0.4) is 0 Å². The summed E-state index contributed by atoms with van der Waals surface area (Å²) in [6.07, 6.45) is 0. The summed E-state index contributed by atoms with van der Waals surface area (Å²) >= 11 is 6.12. The van der Waals surface area contributed by atoms with Crippen LogP contribution in [0.15, 0.2) is 54.6 Å². The number of carboxylic acids is 1. The number of halogens is 3. The van der Waals surface area contributed by atoms with E-state index in [-0.39, 0.29) is 21.7 Å². The van der Waals surface area contributed by atoms with E-state index in [4.69, 9.17) is 16.3 Å². The minimum atomic E-state index is -1.33. The highest BCUT2D eigenvalue weighted by atomic mass is 35.5. The summed E-state index contributed by atoms with van der Waals surface area (Å²) in [4.78, 5) is 23.6. The first kappa shape index (κ1) is 20.3. The second kappa shape index (κ2) is 8.28. The lowest BCUT2D eigenvalue weighted by Crippen LogP contribution is -2.18. The van der Waals surface area contributed by atoms with Gasteiger partial charge in [0.1, 0.15) is 23.1 Å². The molecule has 3 rings (SSSR count). The topological polar surface area (TPSA) is 75.6 Å². The number of hydrogen-bond acceptors (Lipinski definition) is 3. The van der Waals surface area contributed by atoms with E-state index in [1.54, 1.807) is 6.07 Å². The van der Waals surface area contributed by atoms with Crippen molar-refractivity contribution < 1.29 is 28.2 Å². The standard InChI is InChI=1S/C21H14ClF2NO4/c1-29-12-6-7-16(22)15(10-12)11-8-17(23)19(18(24)9-11)25-20(26)13-4-2-3-5-14(13)21(27)28/h2-10H,1H3,(H,25,26)(H,27,28). The van der Waals surface area contributed by atoms with Gasteiger partial charge in [0.2, 0.25) is 0 Å². The van der Waals surface area contributed by atoms with Crippen LogP contribution < -0.4 is 10.1 Å². The van der Waals surface area contributed by atoms with Gasteiger partial charge in [-0.25, -0.2) is 13.6 Å². The largest absolute Gasteiger partial charge is 0.497 e. The molecule has 0 saturated heterocycles. The maximum absolute atomic E-state index is 14.6. The molecule has 0 saturated carbocycles. The van der Waals surface area contributed by atoms with Crippen LogP contribution in [-0.4, -0.2) is 24.1 Å². The van der Waals surface area contributed by atoms with Gasteiger partial charge in [-0.15, -0.1) is 0 Å². The third-order valence-corrected chi connectivity index (χ3v) is 4.50. The third kappa shape index (κ3) is 4.20. The van der Waals surface area contributed by atoms with Gasteiger partial charge in [0, 0.05) is 10.6 Å². The lowest BCUT2D eigenvalue weighted by Gasteiger charge is -2.12. The van der Waals surface area contributed by atoms with Gasteiger partial charge in [-0.1, -0.05) is 23.7 Å². The van der Waals surface area contributed by atoms with E-state index in [1.807, 2.05) is 0 Å². The Morgan fingerprint density at radius 2 is 1.62 bits per heavy atom. The van der Waals surface area contributed by atoms with Crippen molar-refractivity contribution in [2.75, 3.05) is 12.4 Å². The molecular weight excluding hydrogens is 404 g/mol. The normalized spacial score (nSPS) is 10.5.